The lowest BCUT2D eigenvalue weighted by Crippen LogP contribution is -2.38. The number of aryl methyl sites for hydroxylation is 1. The Hall–Kier alpha value is -1.64. The first kappa shape index (κ1) is 15.7. The molecule has 0 aliphatic carbocycles. The van der Waals surface area contributed by atoms with Crippen molar-refractivity contribution in [1.82, 2.24) is 9.29 Å². The van der Waals surface area contributed by atoms with E-state index in [1.54, 1.807) is 6.92 Å². The lowest BCUT2D eigenvalue weighted by atomic mass is 10.1. The van der Waals surface area contributed by atoms with Crippen LogP contribution in [0.2, 0.25) is 0 Å². The topological polar surface area (TPSA) is 102 Å². The Morgan fingerprint density at radius 3 is 2.62 bits per heavy atom. The molecule has 0 atom stereocenters. The highest BCUT2D eigenvalue weighted by Crippen LogP contribution is 2.18. The van der Waals surface area contributed by atoms with Crippen molar-refractivity contribution in [1.29, 1.82) is 0 Å². The Morgan fingerprint density at radius 2 is 2.05 bits per heavy atom. The zero-order valence-corrected chi connectivity index (χ0v) is 12.9. The van der Waals surface area contributed by atoms with Crippen molar-refractivity contribution in [2.24, 2.45) is 0 Å². The predicted molar refractivity (Wildman–Crippen MR) is 77.6 cm³/mol. The molecule has 0 bridgehead atoms. The molecule has 0 spiro atoms. The van der Waals surface area contributed by atoms with Crippen molar-refractivity contribution < 1.29 is 17.9 Å². The van der Waals surface area contributed by atoms with Gasteiger partial charge in [-0.25, -0.2) is 17.9 Å². The van der Waals surface area contributed by atoms with Gasteiger partial charge in [0.1, 0.15) is 0 Å². The van der Waals surface area contributed by atoms with Gasteiger partial charge in [-0.05, 0) is 32.9 Å². The van der Waals surface area contributed by atoms with Crippen molar-refractivity contribution in [2.45, 2.75) is 37.8 Å². The van der Waals surface area contributed by atoms with Crippen molar-refractivity contribution >= 4 is 21.1 Å². The fourth-order valence-corrected chi connectivity index (χ4v) is 3.09. The average molecular weight is 314 g/mol. The summed E-state index contributed by atoms with van der Waals surface area (Å²) in [6, 6.07) is 4.23. The number of hydrogen-bond acceptors (Lipinski definition) is 5. The molecular weight excluding hydrogens is 296 g/mol. The fraction of sp³-hybridized carbons (Fsp3) is 0.462. The van der Waals surface area contributed by atoms with Crippen LogP contribution in [-0.4, -0.2) is 30.2 Å². The summed E-state index contributed by atoms with van der Waals surface area (Å²) in [7, 11) is -3.78. The largest absolute Gasteiger partial charge is 0.419 e. The number of aromatic nitrogens is 1. The number of hydrogen-bond donors (Lipinski definition) is 2. The average Bonchev–Trinajstić information content (AvgIpc) is 2.70. The summed E-state index contributed by atoms with van der Waals surface area (Å²) >= 11 is 0. The fourth-order valence-electron chi connectivity index (χ4n) is 1.87. The monoisotopic (exact) mass is 314 g/mol. The van der Waals surface area contributed by atoms with Crippen molar-refractivity contribution in [2.75, 3.05) is 6.54 Å². The second-order valence-corrected chi connectivity index (χ2v) is 7.15. The third-order valence-corrected chi connectivity index (χ3v) is 4.36. The number of oxazole rings is 1. The summed E-state index contributed by atoms with van der Waals surface area (Å²) in [5, 5.41) is 9.58. The van der Waals surface area contributed by atoms with E-state index in [1.165, 1.54) is 36.6 Å². The summed E-state index contributed by atoms with van der Waals surface area (Å²) in [5.74, 6) is -0.522. The second-order valence-electron chi connectivity index (χ2n) is 5.38. The molecule has 116 valence electrons. The summed E-state index contributed by atoms with van der Waals surface area (Å²) in [6.45, 7) is 5.12. The predicted octanol–water partition coefficient (Wildman–Crippen LogP) is 0.664. The Morgan fingerprint density at radius 1 is 1.38 bits per heavy atom. The number of benzene rings is 1. The van der Waals surface area contributed by atoms with E-state index in [2.05, 4.69) is 4.72 Å². The SMILES string of the molecule is CCn1c(=O)oc2cc(S(=O)(=O)NCC(C)(C)O)ccc21. The highest BCUT2D eigenvalue weighted by atomic mass is 32.2. The minimum absolute atomic E-state index is 0.0174. The van der Waals surface area contributed by atoms with E-state index in [1.807, 2.05) is 0 Å². The van der Waals surface area contributed by atoms with E-state index < -0.39 is 21.4 Å². The number of fused-ring (bicyclic) bond motifs is 1. The molecule has 1 heterocycles. The molecule has 7 nitrogen and oxygen atoms in total. The van der Waals surface area contributed by atoms with Crippen molar-refractivity contribution in [3.05, 3.63) is 28.7 Å². The van der Waals surface area contributed by atoms with Crippen LogP contribution in [0.5, 0.6) is 0 Å². The van der Waals surface area contributed by atoms with Crippen LogP contribution < -0.4 is 10.5 Å². The van der Waals surface area contributed by atoms with E-state index in [4.69, 9.17) is 4.42 Å². The van der Waals surface area contributed by atoms with Gasteiger partial charge in [-0.3, -0.25) is 4.57 Å². The summed E-state index contributed by atoms with van der Waals surface area (Å²) in [6.07, 6.45) is 0. The molecule has 1 aromatic heterocycles. The highest BCUT2D eigenvalue weighted by Gasteiger charge is 2.21. The van der Waals surface area contributed by atoms with Gasteiger partial charge in [0.05, 0.1) is 16.0 Å². The molecular formula is C13H18N2O5S. The highest BCUT2D eigenvalue weighted by molar-refractivity contribution is 7.89. The number of rotatable bonds is 5. The van der Waals surface area contributed by atoms with Crippen LogP contribution in [0.3, 0.4) is 0 Å². The lowest BCUT2D eigenvalue weighted by molar-refractivity contribution is 0.0857. The van der Waals surface area contributed by atoms with Crippen LogP contribution in [0.4, 0.5) is 0 Å². The van der Waals surface area contributed by atoms with E-state index in [0.717, 1.165) is 0 Å². The molecule has 0 amide bonds. The zero-order chi connectivity index (χ0) is 15.8. The van der Waals surface area contributed by atoms with Gasteiger partial charge in [-0.2, -0.15) is 0 Å². The van der Waals surface area contributed by atoms with Crippen LogP contribution in [0.25, 0.3) is 11.1 Å². The van der Waals surface area contributed by atoms with Crippen molar-refractivity contribution in [3.8, 4) is 0 Å². The molecule has 0 saturated heterocycles. The molecule has 2 N–H and O–H groups in total. The Labute approximate surface area is 122 Å². The van der Waals surface area contributed by atoms with Gasteiger partial charge < -0.3 is 9.52 Å². The van der Waals surface area contributed by atoms with Gasteiger partial charge in [0, 0.05) is 19.2 Å². The van der Waals surface area contributed by atoms with Gasteiger partial charge in [0.2, 0.25) is 10.0 Å². The van der Waals surface area contributed by atoms with Gasteiger partial charge in [-0.1, -0.05) is 0 Å². The molecule has 0 fully saturated rings. The van der Waals surface area contributed by atoms with Gasteiger partial charge in [0.25, 0.3) is 0 Å². The molecule has 0 aliphatic heterocycles. The van der Waals surface area contributed by atoms with Gasteiger partial charge >= 0.3 is 5.76 Å². The van der Waals surface area contributed by atoms with Crippen LogP contribution in [0.1, 0.15) is 20.8 Å². The number of nitrogens with one attached hydrogen (secondary N) is 1. The third-order valence-electron chi connectivity index (χ3n) is 2.96. The maximum Gasteiger partial charge on any atom is 0.419 e. The summed E-state index contributed by atoms with van der Waals surface area (Å²) < 4.78 is 33.0. The van der Waals surface area contributed by atoms with E-state index in [0.29, 0.717) is 12.1 Å². The molecule has 0 saturated carbocycles. The first-order valence-corrected chi connectivity index (χ1v) is 7.98. The zero-order valence-electron chi connectivity index (χ0n) is 12.1. The van der Waals surface area contributed by atoms with Crippen LogP contribution in [0, 0.1) is 0 Å². The Bertz CT molecular complexity index is 811. The minimum Gasteiger partial charge on any atom is -0.408 e. The molecule has 8 heteroatoms. The molecule has 2 aromatic rings. The first-order valence-electron chi connectivity index (χ1n) is 6.49. The maximum atomic E-state index is 12.1. The third kappa shape index (κ3) is 3.34. The number of nitrogens with zero attached hydrogens (tertiary/aromatic N) is 1. The van der Waals surface area contributed by atoms with Crippen LogP contribution >= 0.6 is 0 Å². The normalized spacial score (nSPS) is 13.0. The number of aliphatic hydroxyl groups is 1. The Balaban J connectivity index is 2.41. The lowest BCUT2D eigenvalue weighted by Gasteiger charge is -2.17. The summed E-state index contributed by atoms with van der Waals surface area (Å²) in [5.41, 5.74) is -0.396. The van der Waals surface area contributed by atoms with Crippen LogP contribution in [-0.2, 0) is 16.6 Å². The molecule has 21 heavy (non-hydrogen) atoms. The quantitative estimate of drug-likeness (QED) is 0.844. The summed E-state index contributed by atoms with van der Waals surface area (Å²) in [4.78, 5) is 11.6. The smallest absolute Gasteiger partial charge is 0.408 e. The second kappa shape index (κ2) is 5.28. The maximum absolute atomic E-state index is 12.1. The first-order chi connectivity index (χ1) is 9.64. The van der Waals surface area contributed by atoms with Crippen LogP contribution in [0.15, 0.2) is 32.3 Å². The number of sulfonamides is 1. The molecule has 0 unspecified atom stereocenters. The van der Waals surface area contributed by atoms with E-state index in [-0.39, 0.29) is 17.0 Å². The van der Waals surface area contributed by atoms with Crippen molar-refractivity contribution in [3.63, 3.8) is 0 Å². The molecule has 2 rings (SSSR count). The molecule has 0 aliphatic rings. The minimum atomic E-state index is -3.78. The van der Waals surface area contributed by atoms with Gasteiger partial charge in [0.15, 0.2) is 5.58 Å². The molecule has 1 aromatic carbocycles. The molecule has 0 radical (unpaired) electrons. The Kier molecular flexibility index (Phi) is 3.96. The van der Waals surface area contributed by atoms with Gasteiger partial charge in [-0.15, -0.1) is 0 Å². The standard InChI is InChI=1S/C13H18N2O5S/c1-4-15-10-6-5-9(7-11(10)20-12(15)16)21(18,19)14-8-13(2,3)17/h5-7,14,17H,4,8H2,1-3H3. The van der Waals surface area contributed by atoms with E-state index >= 15 is 0 Å². The van der Waals surface area contributed by atoms with E-state index in [9.17, 15) is 18.3 Å².